The first-order chi connectivity index (χ1) is 11.1. The minimum Gasteiger partial charge on any atom is -0.495 e. The molecule has 1 heterocycles. The molecular weight excluding hydrogens is 310 g/mol. The van der Waals surface area contributed by atoms with Gasteiger partial charge in [0.15, 0.2) is 0 Å². The van der Waals surface area contributed by atoms with E-state index in [-0.39, 0.29) is 4.90 Å². The van der Waals surface area contributed by atoms with Gasteiger partial charge in [-0.15, -0.1) is 0 Å². The second-order valence-corrected chi connectivity index (χ2v) is 7.65. The fraction of sp³-hybridized carbons (Fsp3) is 0.333. The summed E-state index contributed by atoms with van der Waals surface area (Å²) in [7, 11) is -2.01. The number of ether oxygens (including phenoxy) is 1. The maximum Gasteiger partial charge on any atom is 0.246 e. The smallest absolute Gasteiger partial charge is 0.246 e. The van der Waals surface area contributed by atoms with E-state index in [1.54, 1.807) is 28.6 Å². The molecule has 1 saturated heterocycles. The summed E-state index contributed by atoms with van der Waals surface area (Å²) in [5.74, 6) is 0.831. The lowest BCUT2D eigenvalue weighted by Crippen LogP contribution is -2.38. The molecule has 5 heteroatoms. The van der Waals surface area contributed by atoms with Gasteiger partial charge in [0.1, 0.15) is 10.6 Å². The average Bonchev–Trinajstić information content (AvgIpc) is 2.62. The fourth-order valence-corrected chi connectivity index (χ4v) is 4.75. The molecule has 2 aromatic carbocycles. The van der Waals surface area contributed by atoms with E-state index in [4.69, 9.17) is 4.74 Å². The Balaban J connectivity index is 1.76. The lowest BCUT2D eigenvalue weighted by atomic mass is 9.90. The zero-order valence-electron chi connectivity index (χ0n) is 13.2. The van der Waals surface area contributed by atoms with Crippen LogP contribution < -0.4 is 4.74 Å². The molecule has 0 aromatic heterocycles. The molecule has 0 saturated carbocycles. The molecule has 0 atom stereocenters. The van der Waals surface area contributed by atoms with Crippen molar-refractivity contribution in [2.24, 2.45) is 0 Å². The highest BCUT2D eigenvalue weighted by Crippen LogP contribution is 2.32. The van der Waals surface area contributed by atoms with Crippen LogP contribution >= 0.6 is 0 Å². The predicted octanol–water partition coefficient (Wildman–Crippen LogP) is 3.26. The van der Waals surface area contributed by atoms with Gasteiger partial charge < -0.3 is 4.74 Å². The monoisotopic (exact) mass is 331 g/mol. The fourth-order valence-electron chi connectivity index (χ4n) is 3.13. The van der Waals surface area contributed by atoms with Crippen molar-refractivity contribution in [2.45, 2.75) is 23.7 Å². The van der Waals surface area contributed by atoms with Gasteiger partial charge in [-0.1, -0.05) is 42.5 Å². The molecule has 2 aromatic rings. The highest BCUT2D eigenvalue weighted by Gasteiger charge is 2.31. The first-order valence-corrected chi connectivity index (χ1v) is 9.25. The quantitative estimate of drug-likeness (QED) is 0.864. The summed E-state index contributed by atoms with van der Waals surface area (Å²) in [6.45, 7) is 1.08. The molecule has 3 rings (SSSR count). The van der Waals surface area contributed by atoms with Crippen molar-refractivity contribution in [3.63, 3.8) is 0 Å². The maximum atomic E-state index is 12.9. The molecule has 1 aliphatic heterocycles. The van der Waals surface area contributed by atoms with Crippen molar-refractivity contribution in [3.8, 4) is 5.75 Å². The van der Waals surface area contributed by atoms with Crippen LogP contribution in [-0.2, 0) is 10.0 Å². The van der Waals surface area contributed by atoms with Crippen molar-refractivity contribution in [1.82, 2.24) is 4.31 Å². The number of hydrogen-bond acceptors (Lipinski definition) is 3. The Kier molecular flexibility index (Phi) is 4.68. The highest BCUT2D eigenvalue weighted by molar-refractivity contribution is 7.89. The van der Waals surface area contributed by atoms with Gasteiger partial charge in [-0.05, 0) is 36.5 Å². The van der Waals surface area contributed by atoms with Crippen molar-refractivity contribution < 1.29 is 13.2 Å². The van der Waals surface area contributed by atoms with Gasteiger partial charge in [0, 0.05) is 13.1 Å². The van der Waals surface area contributed by atoms with Crippen molar-refractivity contribution in [3.05, 3.63) is 60.2 Å². The van der Waals surface area contributed by atoms with Crippen molar-refractivity contribution in [1.29, 1.82) is 0 Å². The van der Waals surface area contributed by atoms with Crippen LogP contribution in [0.5, 0.6) is 5.75 Å². The van der Waals surface area contributed by atoms with Crippen LogP contribution in [0, 0.1) is 0 Å². The van der Waals surface area contributed by atoms with Gasteiger partial charge in [-0.25, -0.2) is 8.42 Å². The van der Waals surface area contributed by atoms with Crippen molar-refractivity contribution in [2.75, 3.05) is 20.2 Å². The molecule has 4 nitrogen and oxygen atoms in total. The Bertz CT molecular complexity index is 751. The number of piperidine rings is 1. The van der Waals surface area contributed by atoms with E-state index in [0.717, 1.165) is 12.8 Å². The normalized spacial score (nSPS) is 17.1. The molecule has 0 aliphatic carbocycles. The zero-order chi connectivity index (χ0) is 16.3. The van der Waals surface area contributed by atoms with E-state index < -0.39 is 10.0 Å². The van der Waals surface area contributed by atoms with Crippen LogP contribution in [0.15, 0.2) is 59.5 Å². The molecule has 0 bridgehead atoms. The Labute approximate surface area is 137 Å². The second kappa shape index (κ2) is 6.72. The summed E-state index contributed by atoms with van der Waals surface area (Å²) in [4.78, 5) is 0.251. The first kappa shape index (κ1) is 16.0. The average molecular weight is 331 g/mol. The van der Waals surface area contributed by atoms with Gasteiger partial charge in [-0.3, -0.25) is 0 Å². The molecule has 0 spiro atoms. The third kappa shape index (κ3) is 3.26. The first-order valence-electron chi connectivity index (χ1n) is 7.81. The number of sulfonamides is 1. The van der Waals surface area contributed by atoms with Crippen LogP contribution in [0.2, 0.25) is 0 Å². The molecular formula is C18H21NO3S. The molecule has 0 unspecified atom stereocenters. The summed E-state index contributed by atoms with van der Waals surface area (Å²) in [6, 6.07) is 17.1. The molecule has 1 aliphatic rings. The molecule has 23 heavy (non-hydrogen) atoms. The number of benzene rings is 2. The lowest BCUT2D eigenvalue weighted by Gasteiger charge is -2.31. The molecule has 0 amide bonds. The number of para-hydroxylation sites is 1. The summed E-state index contributed by atoms with van der Waals surface area (Å²) in [5, 5.41) is 0. The van der Waals surface area contributed by atoms with Crippen LogP contribution in [0.3, 0.4) is 0 Å². The molecule has 0 N–H and O–H groups in total. The van der Waals surface area contributed by atoms with Gasteiger partial charge in [0.2, 0.25) is 10.0 Å². The highest BCUT2D eigenvalue weighted by atomic mass is 32.2. The summed E-state index contributed by atoms with van der Waals surface area (Å²) in [5.41, 5.74) is 1.29. The minimum absolute atomic E-state index is 0.251. The zero-order valence-corrected chi connectivity index (χ0v) is 14.0. The lowest BCUT2D eigenvalue weighted by molar-refractivity contribution is 0.317. The van der Waals surface area contributed by atoms with Crippen molar-refractivity contribution >= 4 is 10.0 Å². The van der Waals surface area contributed by atoms with E-state index in [1.807, 2.05) is 18.2 Å². The summed E-state index contributed by atoms with van der Waals surface area (Å²) in [6.07, 6.45) is 1.69. The Morgan fingerprint density at radius 2 is 1.57 bits per heavy atom. The largest absolute Gasteiger partial charge is 0.495 e. The van der Waals surface area contributed by atoms with Crippen LogP contribution in [-0.4, -0.2) is 32.9 Å². The van der Waals surface area contributed by atoms with Gasteiger partial charge in [0.05, 0.1) is 7.11 Å². The number of rotatable bonds is 4. The minimum atomic E-state index is -3.50. The third-order valence-corrected chi connectivity index (χ3v) is 6.35. The number of nitrogens with zero attached hydrogens (tertiary/aromatic N) is 1. The van der Waals surface area contributed by atoms with E-state index in [0.29, 0.717) is 24.8 Å². The standard InChI is InChI=1S/C18H21NO3S/c1-22-17-9-5-6-10-18(17)23(20,21)19-13-11-16(12-14-19)15-7-3-2-4-8-15/h2-10,16H,11-14H2,1H3. The summed E-state index contributed by atoms with van der Waals surface area (Å²) < 4.78 is 32.5. The van der Waals surface area contributed by atoms with Crippen LogP contribution in [0.25, 0.3) is 0 Å². The van der Waals surface area contributed by atoms with E-state index in [2.05, 4.69) is 12.1 Å². The number of hydrogen-bond donors (Lipinski definition) is 0. The Morgan fingerprint density at radius 3 is 2.22 bits per heavy atom. The van der Waals surface area contributed by atoms with Gasteiger partial charge in [0.25, 0.3) is 0 Å². The van der Waals surface area contributed by atoms with Gasteiger partial charge >= 0.3 is 0 Å². The van der Waals surface area contributed by atoms with Crippen LogP contribution in [0.4, 0.5) is 0 Å². The predicted molar refractivity (Wildman–Crippen MR) is 90.2 cm³/mol. The molecule has 1 fully saturated rings. The Hall–Kier alpha value is -1.85. The third-order valence-electron chi connectivity index (χ3n) is 4.41. The van der Waals surface area contributed by atoms with Crippen LogP contribution in [0.1, 0.15) is 24.3 Å². The SMILES string of the molecule is COc1ccccc1S(=O)(=O)N1CCC(c2ccccc2)CC1. The number of methoxy groups -OCH3 is 1. The molecule has 122 valence electrons. The van der Waals surface area contributed by atoms with E-state index in [1.165, 1.54) is 12.7 Å². The van der Waals surface area contributed by atoms with E-state index >= 15 is 0 Å². The molecule has 0 radical (unpaired) electrons. The summed E-state index contributed by atoms with van der Waals surface area (Å²) >= 11 is 0. The maximum absolute atomic E-state index is 12.9. The van der Waals surface area contributed by atoms with Gasteiger partial charge in [-0.2, -0.15) is 4.31 Å². The Morgan fingerprint density at radius 1 is 0.957 bits per heavy atom. The second-order valence-electron chi connectivity index (χ2n) is 5.74. The van der Waals surface area contributed by atoms with E-state index in [9.17, 15) is 8.42 Å². The topological polar surface area (TPSA) is 46.6 Å².